The third-order valence-electron chi connectivity index (χ3n) is 6.00. The van der Waals surface area contributed by atoms with E-state index in [1.165, 1.54) is 4.31 Å². The number of carbonyl (C=O) groups is 2. The van der Waals surface area contributed by atoms with Crippen molar-refractivity contribution in [3.05, 3.63) is 77.9 Å². The van der Waals surface area contributed by atoms with Crippen LogP contribution in [-0.2, 0) is 37.3 Å². The van der Waals surface area contributed by atoms with E-state index in [2.05, 4.69) is 10.6 Å². The molecule has 1 aliphatic rings. The molecule has 3 aromatic carbocycles. The lowest BCUT2D eigenvalue weighted by molar-refractivity contribution is -0.128. The number of hydrogen-bond donors (Lipinski definition) is 2. The molecular formula is C26H29N3O5S. The Hall–Kier alpha value is -3.27. The number of hydrogen-bond acceptors (Lipinski definition) is 5. The highest BCUT2D eigenvalue weighted by molar-refractivity contribution is 7.89. The fraction of sp³-hybridized carbons (Fsp3) is 0.308. The third kappa shape index (κ3) is 6.05. The minimum Gasteiger partial charge on any atom is -0.379 e. The van der Waals surface area contributed by atoms with E-state index in [0.717, 1.165) is 21.9 Å². The van der Waals surface area contributed by atoms with Crippen molar-refractivity contribution < 1.29 is 22.7 Å². The summed E-state index contributed by atoms with van der Waals surface area (Å²) in [7, 11) is -3.56. The number of sulfonamides is 1. The van der Waals surface area contributed by atoms with Gasteiger partial charge in [0.25, 0.3) is 0 Å². The Labute approximate surface area is 205 Å². The molecule has 0 unspecified atom stereocenters. The topological polar surface area (TPSA) is 105 Å². The van der Waals surface area contributed by atoms with Gasteiger partial charge in [-0.2, -0.15) is 4.31 Å². The molecule has 8 nitrogen and oxygen atoms in total. The SMILES string of the molecule is C[C@H](NC(=O)Cc1cccc2ccccc12)C(=O)NCc1ccc(S(=O)(=O)N2CCOCC2)cc1. The molecule has 9 heteroatoms. The van der Waals surface area contributed by atoms with E-state index in [-0.39, 0.29) is 29.7 Å². The second-order valence-electron chi connectivity index (χ2n) is 8.48. The normalized spacial score (nSPS) is 15.5. The summed E-state index contributed by atoms with van der Waals surface area (Å²) in [6.07, 6.45) is 0.179. The minimum absolute atomic E-state index is 0.179. The number of rotatable bonds is 8. The fourth-order valence-electron chi connectivity index (χ4n) is 4.04. The highest BCUT2D eigenvalue weighted by Crippen LogP contribution is 2.19. The Morgan fingerprint density at radius 1 is 0.971 bits per heavy atom. The Kier molecular flexibility index (Phi) is 7.80. The van der Waals surface area contributed by atoms with Crippen molar-refractivity contribution in [2.24, 2.45) is 0 Å². The van der Waals surface area contributed by atoms with Gasteiger partial charge in [-0.1, -0.05) is 54.6 Å². The molecule has 184 valence electrons. The Morgan fingerprint density at radius 3 is 2.40 bits per heavy atom. The average Bonchev–Trinajstić information content (AvgIpc) is 2.88. The number of morpholine rings is 1. The number of fused-ring (bicyclic) bond motifs is 1. The standard InChI is InChI=1S/C26H29N3O5S/c1-19(28-25(30)17-22-7-4-6-21-5-2-3-8-24(21)22)26(31)27-18-20-9-11-23(12-10-20)35(32,33)29-13-15-34-16-14-29/h2-12,19H,13-18H2,1H3,(H,27,31)(H,28,30)/t19-/m0/s1. The number of nitrogens with one attached hydrogen (secondary N) is 2. The fourth-order valence-corrected chi connectivity index (χ4v) is 5.44. The van der Waals surface area contributed by atoms with Crippen LogP contribution in [0.25, 0.3) is 10.8 Å². The quantitative estimate of drug-likeness (QED) is 0.499. The van der Waals surface area contributed by atoms with Crippen LogP contribution in [0, 0.1) is 0 Å². The highest BCUT2D eigenvalue weighted by Gasteiger charge is 2.26. The summed E-state index contributed by atoms with van der Waals surface area (Å²) in [5.41, 5.74) is 1.66. The van der Waals surface area contributed by atoms with Gasteiger partial charge >= 0.3 is 0 Å². The van der Waals surface area contributed by atoms with Crippen LogP contribution in [0.5, 0.6) is 0 Å². The molecule has 3 aromatic rings. The lowest BCUT2D eigenvalue weighted by atomic mass is 10.0. The first kappa shape index (κ1) is 24.8. The monoisotopic (exact) mass is 495 g/mol. The average molecular weight is 496 g/mol. The predicted molar refractivity (Wildman–Crippen MR) is 133 cm³/mol. The van der Waals surface area contributed by atoms with Gasteiger partial charge in [-0.05, 0) is 41.0 Å². The van der Waals surface area contributed by atoms with E-state index in [4.69, 9.17) is 4.74 Å². The molecule has 1 heterocycles. The Morgan fingerprint density at radius 2 is 1.66 bits per heavy atom. The lowest BCUT2D eigenvalue weighted by Gasteiger charge is -2.26. The summed E-state index contributed by atoms with van der Waals surface area (Å²) < 4.78 is 32.1. The Balaban J connectivity index is 1.29. The van der Waals surface area contributed by atoms with Crippen molar-refractivity contribution in [1.29, 1.82) is 0 Å². The number of carbonyl (C=O) groups excluding carboxylic acids is 2. The molecule has 1 aliphatic heterocycles. The van der Waals surface area contributed by atoms with Crippen molar-refractivity contribution in [1.82, 2.24) is 14.9 Å². The molecule has 0 bridgehead atoms. The second-order valence-corrected chi connectivity index (χ2v) is 10.4. The number of nitrogens with zero attached hydrogens (tertiary/aromatic N) is 1. The van der Waals surface area contributed by atoms with Gasteiger partial charge in [0.2, 0.25) is 21.8 Å². The van der Waals surface area contributed by atoms with Crippen molar-refractivity contribution in [3.63, 3.8) is 0 Å². The smallest absolute Gasteiger partial charge is 0.243 e. The molecule has 4 rings (SSSR count). The summed E-state index contributed by atoms with van der Waals surface area (Å²) in [6, 6.07) is 19.4. The number of benzene rings is 3. The molecule has 0 aromatic heterocycles. The van der Waals surface area contributed by atoms with E-state index in [0.29, 0.717) is 26.3 Å². The molecular weight excluding hydrogens is 466 g/mol. The van der Waals surface area contributed by atoms with Crippen LogP contribution in [0.15, 0.2) is 71.6 Å². The lowest BCUT2D eigenvalue weighted by Crippen LogP contribution is -2.45. The van der Waals surface area contributed by atoms with Gasteiger partial charge in [0.05, 0.1) is 24.5 Å². The first-order valence-electron chi connectivity index (χ1n) is 11.5. The van der Waals surface area contributed by atoms with E-state index in [1.807, 2.05) is 42.5 Å². The van der Waals surface area contributed by atoms with Crippen molar-refractivity contribution in [2.75, 3.05) is 26.3 Å². The van der Waals surface area contributed by atoms with Gasteiger partial charge in [-0.3, -0.25) is 9.59 Å². The van der Waals surface area contributed by atoms with Crippen molar-refractivity contribution in [3.8, 4) is 0 Å². The van der Waals surface area contributed by atoms with Gasteiger partial charge in [0, 0.05) is 19.6 Å². The maximum atomic E-state index is 12.7. The maximum Gasteiger partial charge on any atom is 0.243 e. The summed E-state index contributed by atoms with van der Waals surface area (Å²) in [6.45, 7) is 3.31. The highest BCUT2D eigenvalue weighted by atomic mass is 32.2. The van der Waals surface area contributed by atoms with Crippen LogP contribution in [0.2, 0.25) is 0 Å². The van der Waals surface area contributed by atoms with Crippen LogP contribution in [0.4, 0.5) is 0 Å². The summed E-state index contributed by atoms with van der Waals surface area (Å²) in [5.74, 6) is -0.553. The van der Waals surface area contributed by atoms with Gasteiger partial charge in [-0.25, -0.2) is 8.42 Å². The maximum absolute atomic E-state index is 12.7. The van der Waals surface area contributed by atoms with Gasteiger partial charge in [0.1, 0.15) is 6.04 Å². The largest absolute Gasteiger partial charge is 0.379 e. The molecule has 2 amide bonds. The molecule has 0 spiro atoms. The second kappa shape index (κ2) is 11.0. The van der Waals surface area contributed by atoms with Crippen LogP contribution < -0.4 is 10.6 Å². The first-order valence-corrected chi connectivity index (χ1v) is 13.0. The van der Waals surface area contributed by atoms with Crippen molar-refractivity contribution in [2.45, 2.75) is 30.8 Å². The Bertz CT molecular complexity index is 1300. The van der Waals surface area contributed by atoms with Gasteiger partial charge in [-0.15, -0.1) is 0 Å². The van der Waals surface area contributed by atoms with Gasteiger partial charge in [0.15, 0.2) is 0 Å². The van der Waals surface area contributed by atoms with Crippen LogP contribution in [-0.4, -0.2) is 56.9 Å². The van der Waals surface area contributed by atoms with E-state index >= 15 is 0 Å². The summed E-state index contributed by atoms with van der Waals surface area (Å²) >= 11 is 0. The number of amides is 2. The van der Waals surface area contributed by atoms with Crippen LogP contribution in [0.1, 0.15) is 18.1 Å². The molecule has 1 saturated heterocycles. The zero-order valence-corrected chi connectivity index (χ0v) is 20.4. The molecule has 1 fully saturated rings. The van der Waals surface area contributed by atoms with E-state index in [9.17, 15) is 18.0 Å². The minimum atomic E-state index is -3.56. The molecule has 2 N–H and O–H groups in total. The summed E-state index contributed by atoms with van der Waals surface area (Å²) in [5, 5.41) is 7.62. The van der Waals surface area contributed by atoms with Crippen molar-refractivity contribution >= 4 is 32.6 Å². The van der Waals surface area contributed by atoms with Gasteiger partial charge < -0.3 is 15.4 Å². The molecule has 1 atom stereocenters. The first-order chi connectivity index (χ1) is 16.8. The third-order valence-corrected chi connectivity index (χ3v) is 7.91. The molecule has 35 heavy (non-hydrogen) atoms. The predicted octanol–water partition coefficient (Wildman–Crippen LogP) is 2.22. The molecule has 0 aliphatic carbocycles. The van der Waals surface area contributed by atoms with Crippen LogP contribution >= 0.6 is 0 Å². The summed E-state index contributed by atoms with van der Waals surface area (Å²) in [4.78, 5) is 25.3. The molecule has 0 saturated carbocycles. The molecule has 0 radical (unpaired) electrons. The van der Waals surface area contributed by atoms with E-state index < -0.39 is 16.1 Å². The van der Waals surface area contributed by atoms with Crippen LogP contribution in [0.3, 0.4) is 0 Å². The number of ether oxygens (including phenoxy) is 1. The van der Waals surface area contributed by atoms with E-state index in [1.54, 1.807) is 31.2 Å². The zero-order chi connectivity index (χ0) is 24.8. The zero-order valence-electron chi connectivity index (χ0n) is 19.6.